The average Bonchev–Trinajstić information content (AvgIpc) is 3.32. The molecule has 1 aromatic heterocycles. The third-order valence-corrected chi connectivity index (χ3v) is 5.41. The molecule has 3 amide bonds. The number of phenolic OH excluding ortho intramolecular Hbond substituents is 1. The number of hydrogen-bond acceptors (Lipinski definition) is 7. The van der Waals surface area contributed by atoms with E-state index in [9.17, 15) is 29.4 Å². The molecule has 36 heavy (non-hydrogen) atoms. The molecule has 0 saturated heterocycles. The molecule has 12 nitrogen and oxygen atoms in total. The summed E-state index contributed by atoms with van der Waals surface area (Å²) in [6.07, 6.45) is 3.35. The smallest absolute Gasteiger partial charge is 0.326 e. The van der Waals surface area contributed by atoms with Gasteiger partial charge in [0.15, 0.2) is 0 Å². The van der Waals surface area contributed by atoms with E-state index in [1.807, 2.05) is 13.8 Å². The first-order valence-electron chi connectivity index (χ1n) is 11.6. The lowest BCUT2D eigenvalue weighted by molar-refractivity contribution is -0.142. The number of nitrogens with two attached hydrogens (primary N) is 1. The topological polar surface area (TPSA) is 200 Å². The molecule has 196 valence electrons. The number of nitrogens with zero attached hydrogens (tertiary/aromatic N) is 1. The maximum absolute atomic E-state index is 12.9. The summed E-state index contributed by atoms with van der Waals surface area (Å²) in [5.74, 6) is -2.90. The highest BCUT2D eigenvalue weighted by Crippen LogP contribution is 2.12. The first kappa shape index (κ1) is 28.3. The van der Waals surface area contributed by atoms with Gasteiger partial charge in [-0.2, -0.15) is 0 Å². The summed E-state index contributed by atoms with van der Waals surface area (Å²) in [6, 6.07) is 2.13. The lowest BCUT2D eigenvalue weighted by Gasteiger charge is -2.24. The van der Waals surface area contributed by atoms with E-state index in [2.05, 4.69) is 25.9 Å². The fraction of sp³-hybridized carbons (Fsp3) is 0.458. The Balaban J connectivity index is 1.97. The van der Waals surface area contributed by atoms with Gasteiger partial charge < -0.3 is 36.9 Å². The third kappa shape index (κ3) is 9.02. The lowest BCUT2D eigenvalue weighted by atomic mass is 10.0. The predicted octanol–water partition coefficient (Wildman–Crippen LogP) is -0.167. The van der Waals surface area contributed by atoms with Crippen molar-refractivity contribution >= 4 is 23.7 Å². The summed E-state index contributed by atoms with van der Waals surface area (Å²) >= 11 is 0. The van der Waals surface area contributed by atoms with Crippen LogP contribution in [0.15, 0.2) is 36.8 Å². The molecular weight excluding hydrogens is 468 g/mol. The van der Waals surface area contributed by atoms with Crippen molar-refractivity contribution in [2.75, 3.05) is 0 Å². The minimum Gasteiger partial charge on any atom is -0.508 e. The number of aromatic nitrogens is 2. The zero-order chi connectivity index (χ0) is 26.8. The molecule has 1 heterocycles. The van der Waals surface area contributed by atoms with E-state index in [0.717, 1.165) is 5.56 Å². The summed E-state index contributed by atoms with van der Waals surface area (Å²) in [6.45, 7) is 5.19. The van der Waals surface area contributed by atoms with E-state index in [1.54, 1.807) is 12.1 Å². The number of phenols is 1. The minimum atomic E-state index is -1.23. The van der Waals surface area contributed by atoms with Crippen LogP contribution in [0.2, 0.25) is 0 Å². The Hall–Kier alpha value is -3.93. The van der Waals surface area contributed by atoms with Gasteiger partial charge >= 0.3 is 5.97 Å². The van der Waals surface area contributed by atoms with Crippen molar-refractivity contribution in [2.24, 2.45) is 11.7 Å². The fourth-order valence-corrected chi connectivity index (χ4v) is 3.45. The number of H-pyrrole nitrogens is 1. The van der Waals surface area contributed by atoms with E-state index in [1.165, 1.54) is 31.6 Å². The van der Waals surface area contributed by atoms with Crippen LogP contribution >= 0.6 is 0 Å². The van der Waals surface area contributed by atoms with Crippen LogP contribution in [-0.2, 0) is 32.0 Å². The number of hydrogen-bond donors (Lipinski definition) is 7. The Morgan fingerprint density at radius 2 is 1.58 bits per heavy atom. The quantitative estimate of drug-likeness (QED) is 0.196. The van der Waals surface area contributed by atoms with Crippen LogP contribution in [0.3, 0.4) is 0 Å². The molecule has 4 atom stereocenters. The average molecular weight is 503 g/mol. The highest BCUT2D eigenvalue weighted by Gasteiger charge is 2.29. The zero-order valence-corrected chi connectivity index (χ0v) is 20.5. The SMILES string of the molecule is CC(C)CC(NC(=O)C(N)Cc1ccc(O)cc1)C(=O)NC(C)C(=O)NC(Cc1cnc[nH]1)C(=O)O. The standard InChI is InChI=1S/C24H34N6O6/c1-13(2)8-19(29-22(33)18(25)9-15-4-6-17(31)7-5-15)23(34)28-14(3)21(32)30-20(24(35)36)10-16-11-26-12-27-16/h4-7,11-14,18-20,31H,8-10,25H2,1-3H3,(H,26,27)(H,28,34)(H,29,33)(H,30,32)(H,35,36). The van der Waals surface area contributed by atoms with Crippen molar-refractivity contribution < 1.29 is 29.4 Å². The number of rotatable bonds is 13. The number of nitrogens with one attached hydrogen (secondary N) is 4. The lowest BCUT2D eigenvalue weighted by Crippen LogP contribution is -2.57. The van der Waals surface area contributed by atoms with Gasteiger partial charge in [0, 0.05) is 18.3 Å². The predicted molar refractivity (Wildman–Crippen MR) is 131 cm³/mol. The molecule has 0 aliphatic heterocycles. The molecule has 1 aromatic carbocycles. The molecule has 12 heteroatoms. The zero-order valence-electron chi connectivity index (χ0n) is 20.5. The maximum Gasteiger partial charge on any atom is 0.326 e. The number of aromatic hydroxyl groups is 1. The van der Waals surface area contributed by atoms with Crippen LogP contribution in [-0.4, -0.2) is 68.0 Å². The highest BCUT2D eigenvalue weighted by molar-refractivity contribution is 5.94. The Bertz CT molecular complexity index is 1020. The molecule has 2 aromatic rings. The second-order valence-electron chi connectivity index (χ2n) is 9.08. The third-order valence-electron chi connectivity index (χ3n) is 5.41. The highest BCUT2D eigenvalue weighted by atomic mass is 16.4. The van der Waals surface area contributed by atoms with Crippen molar-refractivity contribution in [1.29, 1.82) is 0 Å². The molecule has 0 radical (unpaired) electrons. The molecule has 0 aliphatic rings. The van der Waals surface area contributed by atoms with Gasteiger partial charge in [-0.05, 0) is 43.4 Å². The first-order chi connectivity index (χ1) is 17.0. The molecule has 0 fully saturated rings. The van der Waals surface area contributed by atoms with Gasteiger partial charge in [0.2, 0.25) is 17.7 Å². The largest absolute Gasteiger partial charge is 0.508 e. The second-order valence-corrected chi connectivity index (χ2v) is 9.08. The number of aromatic amines is 1. The van der Waals surface area contributed by atoms with Gasteiger partial charge in [-0.25, -0.2) is 9.78 Å². The number of carboxylic acids is 1. The van der Waals surface area contributed by atoms with Crippen molar-refractivity contribution in [1.82, 2.24) is 25.9 Å². The summed E-state index contributed by atoms with van der Waals surface area (Å²) in [5.41, 5.74) is 7.30. The van der Waals surface area contributed by atoms with Crippen LogP contribution in [0.5, 0.6) is 5.75 Å². The molecule has 0 saturated carbocycles. The Morgan fingerprint density at radius 3 is 2.14 bits per heavy atom. The van der Waals surface area contributed by atoms with Gasteiger partial charge in [0.25, 0.3) is 0 Å². The molecule has 4 unspecified atom stereocenters. The monoisotopic (exact) mass is 502 g/mol. The van der Waals surface area contributed by atoms with Crippen LogP contribution in [0.1, 0.15) is 38.4 Å². The minimum absolute atomic E-state index is 0.00725. The Labute approximate surface area is 209 Å². The van der Waals surface area contributed by atoms with E-state index >= 15 is 0 Å². The van der Waals surface area contributed by atoms with Gasteiger partial charge in [-0.15, -0.1) is 0 Å². The molecule has 0 bridgehead atoms. The summed E-state index contributed by atoms with van der Waals surface area (Å²) in [5, 5.41) is 26.4. The number of carbonyl (C=O) groups is 4. The van der Waals surface area contributed by atoms with Gasteiger partial charge in [-0.3, -0.25) is 14.4 Å². The summed E-state index contributed by atoms with van der Waals surface area (Å²) in [7, 11) is 0. The summed E-state index contributed by atoms with van der Waals surface area (Å²) < 4.78 is 0. The van der Waals surface area contributed by atoms with Crippen LogP contribution in [0.25, 0.3) is 0 Å². The van der Waals surface area contributed by atoms with Crippen molar-refractivity contribution in [2.45, 2.75) is 64.2 Å². The number of imidazole rings is 1. The number of benzene rings is 1. The normalized spacial score (nSPS) is 14.4. The second kappa shape index (κ2) is 13.2. The van der Waals surface area contributed by atoms with Crippen molar-refractivity contribution in [3.05, 3.63) is 48.0 Å². The molecule has 0 spiro atoms. The number of amides is 3. The Morgan fingerprint density at radius 1 is 0.944 bits per heavy atom. The van der Waals surface area contributed by atoms with Crippen LogP contribution in [0, 0.1) is 5.92 Å². The van der Waals surface area contributed by atoms with Gasteiger partial charge in [-0.1, -0.05) is 26.0 Å². The van der Waals surface area contributed by atoms with Crippen LogP contribution in [0.4, 0.5) is 0 Å². The van der Waals surface area contributed by atoms with Gasteiger partial charge in [0.05, 0.1) is 12.4 Å². The maximum atomic E-state index is 12.9. The molecular formula is C24H34N6O6. The number of carbonyl (C=O) groups excluding carboxylic acids is 3. The van der Waals surface area contributed by atoms with E-state index in [0.29, 0.717) is 12.1 Å². The molecule has 0 aliphatic carbocycles. The summed E-state index contributed by atoms with van der Waals surface area (Å²) in [4.78, 5) is 56.3. The van der Waals surface area contributed by atoms with E-state index in [-0.39, 0.29) is 24.5 Å². The van der Waals surface area contributed by atoms with Crippen molar-refractivity contribution in [3.63, 3.8) is 0 Å². The number of aliphatic carboxylic acids is 1. The fourth-order valence-electron chi connectivity index (χ4n) is 3.45. The molecule has 8 N–H and O–H groups in total. The van der Waals surface area contributed by atoms with E-state index < -0.39 is 47.9 Å². The molecule has 2 rings (SSSR count). The van der Waals surface area contributed by atoms with Gasteiger partial charge in [0.1, 0.15) is 23.9 Å². The first-order valence-corrected chi connectivity index (χ1v) is 11.6. The van der Waals surface area contributed by atoms with E-state index in [4.69, 9.17) is 5.73 Å². The van der Waals surface area contributed by atoms with Crippen molar-refractivity contribution in [3.8, 4) is 5.75 Å². The van der Waals surface area contributed by atoms with Crippen LogP contribution < -0.4 is 21.7 Å². The number of carboxylic acid groups (broad SMARTS) is 1. The Kier molecular flexibility index (Phi) is 10.4.